The van der Waals surface area contributed by atoms with E-state index in [4.69, 9.17) is 5.26 Å². The Balaban J connectivity index is 2.24. The van der Waals surface area contributed by atoms with Crippen LogP contribution >= 0.6 is 0 Å². The Morgan fingerprint density at radius 2 is 1.88 bits per heavy atom. The molecule has 0 heterocycles. The highest BCUT2D eigenvalue weighted by atomic mass is 14.8. The molecule has 1 aromatic rings. The van der Waals surface area contributed by atoms with Crippen molar-refractivity contribution in [2.45, 2.75) is 39.2 Å². The summed E-state index contributed by atoms with van der Waals surface area (Å²) in [6.07, 6.45) is 3.94. The van der Waals surface area contributed by atoms with E-state index in [1.807, 2.05) is 0 Å². The summed E-state index contributed by atoms with van der Waals surface area (Å²) < 4.78 is 0. The lowest BCUT2D eigenvalue weighted by Crippen LogP contribution is -2.14. The Morgan fingerprint density at radius 1 is 1.19 bits per heavy atom. The fraction of sp³-hybridized carbons (Fsp3) is 0.500. The zero-order chi connectivity index (χ0) is 11.6. The van der Waals surface area contributed by atoms with Crippen molar-refractivity contribution in [1.82, 2.24) is 5.32 Å². The zero-order valence-corrected chi connectivity index (χ0v) is 10.00. The Labute approximate surface area is 98.3 Å². The molecule has 1 rings (SSSR count). The molecule has 0 aliphatic carbocycles. The first-order valence-corrected chi connectivity index (χ1v) is 6.02. The van der Waals surface area contributed by atoms with Crippen LogP contribution in [0.3, 0.4) is 0 Å². The van der Waals surface area contributed by atoms with E-state index in [0.717, 1.165) is 25.9 Å². The smallest absolute Gasteiger partial charge is 0.0622 e. The van der Waals surface area contributed by atoms with Crippen molar-refractivity contribution < 1.29 is 0 Å². The third-order valence-corrected chi connectivity index (χ3v) is 2.53. The van der Waals surface area contributed by atoms with E-state index in [1.165, 1.54) is 17.5 Å². The van der Waals surface area contributed by atoms with E-state index >= 15 is 0 Å². The lowest BCUT2D eigenvalue weighted by molar-refractivity contribution is 0.657. The van der Waals surface area contributed by atoms with Gasteiger partial charge in [-0.25, -0.2) is 0 Å². The number of hydrogen-bond acceptors (Lipinski definition) is 2. The van der Waals surface area contributed by atoms with E-state index in [-0.39, 0.29) is 0 Å². The van der Waals surface area contributed by atoms with E-state index < -0.39 is 0 Å². The highest BCUT2D eigenvalue weighted by molar-refractivity contribution is 5.22. The van der Waals surface area contributed by atoms with Gasteiger partial charge in [0.2, 0.25) is 0 Å². The van der Waals surface area contributed by atoms with E-state index in [0.29, 0.717) is 6.42 Å². The average Bonchev–Trinajstić information content (AvgIpc) is 2.31. The summed E-state index contributed by atoms with van der Waals surface area (Å²) >= 11 is 0. The second-order valence-electron chi connectivity index (χ2n) is 4.00. The number of rotatable bonds is 7. The molecule has 0 amide bonds. The maximum absolute atomic E-state index is 8.39. The van der Waals surface area contributed by atoms with Gasteiger partial charge < -0.3 is 5.32 Å². The number of nitriles is 1. The molecule has 1 aromatic carbocycles. The molecule has 0 spiro atoms. The predicted molar refractivity (Wildman–Crippen MR) is 67.0 cm³/mol. The highest BCUT2D eigenvalue weighted by Crippen LogP contribution is 2.06. The first-order chi connectivity index (χ1) is 7.86. The highest BCUT2D eigenvalue weighted by Gasteiger charge is 1.94. The summed E-state index contributed by atoms with van der Waals surface area (Å²) in [6, 6.07) is 10.9. The standard InChI is InChI=1S/C14H20N2/c1-2-5-13-6-8-14(9-7-13)12-16-11-4-3-10-15/h6-9,16H,2-5,11-12H2,1H3. The second kappa shape index (κ2) is 7.90. The van der Waals surface area contributed by atoms with Gasteiger partial charge in [0.1, 0.15) is 0 Å². The van der Waals surface area contributed by atoms with Gasteiger partial charge in [0.25, 0.3) is 0 Å². The molecule has 0 radical (unpaired) electrons. The number of aryl methyl sites for hydroxylation is 1. The number of nitrogens with one attached hydrogen (secondary N) is 1. The van der Waals surface area contributed by atoms with Crippen molar-refractivity contribution in [3.8, 4) is 6.07 Å². The molecule has 1 N–H and O–H groups in total. The minimum Gasteiger partial charge on any atom is -0.313 e. The van der Waals surface area contributed by atoms with E-state index in [1.54, 1.807) is 0 Å². The lowest BCUT2D eigenvalue weighted by atomic mass is 10.1. The van der Waals surface area contributed by atoms with Crippen LogP contribution in [0.25, 0.3) is 0 Å². The Kier molecular flexibility index (Phi) is 6.29. The summed E-state index contributed by atoms with van der Waals surface area (Å²) in [4.78, 5) is 0. The van der Waals surface area contributed by atoms with Crippen molar-refractivity contribution in [1.29, 1.82) is 5.26 Å². The number of nitrogens with zero attached hydrogens (tertiary/aromatic N) is 1. The molecule has 86 valence electrons. The minimum atomic E-state index is 0.641. The summed E-state index contributed by atoms with van der Waals surface area (Å²) in [5.41, 5.74) is 2.73. The number of unbranched alkanes of at least 4 members (excludes halogenated alkanes) is 1. The minimum absolute atomic E-state index is 0.641. The summed E-state index contributed by atoms with van der Waals surface area (Å²) in [7, 11) is 0. The Morgan fingerprint density at radius 3 is 2.50 bits per heavy atom. The Bertz CT molecular complexity index is 322. The lowest BCUT2D eigenvalue weighted by Gasteiger charge is -2.05. The van der Waals surface area contributed by atoms with E-state index in [2.05, 4.69) is 42.6 Å². The molecule has 16 heavy (non-hydrogen) atoms. The maximum atomic E-state index is 8.39. The van der Waals surface area contributed by atoms with Crippen LogP contribution in [0.2, 0.25) is 0 Å². The summed E-state index contributed by atoms with van der Waals surface area (Å²) in [5, 5.41) is 11.7. The van der Waals surface area contributed by atoms with Gasteiger partial charge in [-0.3, -0.25) is 0 Å². The molecular formula is C14H20N2. The normalized spacial score (nSPS) is 10.0. The van der Waals surface area contributed by atoms with Crippen molar-refractivity contribution in [3.63, 3.8) is 0 Å². The van der Waals surface area contributed by atoms with Crippen molar-refractivity contribution in [3.05, 3.63) is 35.4 Å². The largest absolute Gasteiger partial charge is 0.313 e. The number of benzene rings is 1. The quantitative estimate of drug-likeness (QED) is 0.711. The van der Waals surface area contributed by atoms with Gasteiger partial charge in [-0.05, 0) is 30.5 Å². The molecule has 0 bridgehead atoms. The summed E-state index contributed by atoms with van der Waals surface area (Å²) in [6.45, 7) is 4.02. The van der Waals surface area contributed by atoms with Gasteiger partial charge in [0, 0.05) is 13.0 Å². The van der Waals surface area contributed by atoms with Crippen LogP contribution in [0.4, 0.5) is 0 Å². The maximum Gasteiger partial charge on any atom is 0.0622 e. The van der Waals surface area contributed by atoms with Gasteiger partial charge in [-0.15, -0.1) is 0 Å². The van der Waals surface area contributed by atoms with Gasteiger partial charge in [0.15, 0.2) is 0 Å². The third-order valence-electron chi connectivity index (χ3n) is 2.53. The van der Waals surface area contributed by atoms with Gasteiger partial charge in [-0.1, -0.05) is 37.6 Å². The Hall–Kier alpha value is -1.33. The van der Waals surface area contributed by atoms with Crippen molar-refractivity contribution >= 4 is 0 Å². The zero-order valence-electron chi connectivity index (χ0n) is 10.00. The van der Waals surface area contributed by atoms with Gasteiger partial charge in [-0.2, -0.15) is 5.26 Å². The molecule has 0 atom stereocenters. The molecule has 0 saturated heterocycles. The van der Waals surface area contributed by atoms with Crippen LogP contribution in [0.1, 0.15) is 37.3 Å². The topological polar surface area (TPSA) is 35.8 Å². The van der Waals surface area contributed by atoms with Crippen LogP contribution in [0.15, 0.2) is 24.3 Å². The molecular weight excluding hydrogens is 196 g/mol. The van der Waals surface area contributed by atoms with E-state index in [9.17, 15) is 0 Å². The van der Waals surface area contributed by atoms with Crippen molar-refractivity contribution in [2.75, 3.05) is 6.54 Å². The molecule has 0 aromatic heterocycles. The summed E-state index contributed by atoms with van der Waals surface area (Å²) in [5.74, 6) is 0. The van der Waals surface area contributed by atoms with Crippen LogP contribution in [-0.4, -0.2) is 6.54 Å². The first-order valence-electron chi connectivity index (χ1n) is 6.02. The molecule has 2 heteroatoms. The van der Waals surface area contributed by atoms with Crippen molar-refractivity contribution in [2.24, 2.45) is 0 Å². The SMILES string of the molecule is CCCc1ccc(CNCCCC#N)cc1. The molecule has 2 nitrogen and oxygen atoms in total. The van der Waals surface area contributed by atoms with Crippen LogP contribution in [-0.2, 0) is 13.0 Å². The van der Waals surface area contributed by atoms with Crippen LogP contribution < -0.4 is 5.32 Å². The average molecular weight is 216 g/mol. The predicted octanol–water partition coefficient (Wildman–Crippen LogP) is 3.03. The number of hydrogen-bond donors (Lipinski definition) is 1. The van der Waals surface area contributed by atoms with Gasteiger partial charge in [0.05, 0.1) is 6.07 Å². The molecule has 0 aliphatic heterocycles. The first kappa shape index (κ1) is 12.7. The molecule has 0 fully saturated rings. The molecule has 0 saturated carbocycles. The third kappa shape index (κ3) is 4.95. The van der Waals surface area contributed by atoms with Crippen LogP contribution in [0, 0.1) is 11.3 Å². The monoisotopic (exact) mass is 216 g/mol. The fourth-order valence-corrected chi connectivity index (χ4v) is 1.64. The van der Waals surface area contributed by atoms with Gasteiger partial charge >= 0.3 is 0 Å². The second-order valence-corrected chi connectivity index (χ2v) is 4.00. The van der Waals surface area contributed by atoms with Crippen LogP contribution in [0.5, 0.6) is 0 Å². The molecule has 0 aliphatic rings. The fourth-order valence-electron chi connectivity index (χ4n) is 1.64. The molecule has 0 unspecified atom stereocenters.